The number of carbonyl (C=O) groups excluding carboxylic acids is 1. The first-order chi connectivity index (χ1) is 13.7. The summed E-state index contributed by atoms with van der Waals surface area (Å²) in [6.07, 6.45) is 8.07. The molecule has 1 aliphatic carbocycles. The van der Waals surface area contributed by atoms with E-state index in [0.717, 1.165) is 34.3 Å². The average Bonchev–Trinajstić information content (AvgIpc) is 3.04. The van der Waals surface area contributed by atoms with Crippen molar-refractivity contribution in [1.82, 2.24) is 19.9 Å². The van der Waals surface area contributed by atoms with Crippen LogP contribution in [0, 0.1) is 6.92 Å². The Kier molecular flexibility index (Phi) is 4.26. The van der Waals surface area contributed by atoms with Crippen molar-refractivity contribution in [2.75, 3.05) is 11.9 Å². The Balaban J connectivity index is 1.66. The van der Waals surface area contributed by atoms with Crippen molar-refractivity contribution in [3.63, 3.8) is 0 Å². The van der Waals surface area contributed by atoms with Crippen molar-refractivity contribution in [2.24, 2.45) is 0 Å². The zero-order valence-corrected chi connectivity index (χ0v) is 16.2. The quantitative estimate of drug-likeness (QED) is 0.728. The fraction of sp³-hybridized carbons (Fsp3) is 0.409. The van der Waals surface area contributed by atoms with Crippen LogP contribution in [-0.2, 0) is 6.54 Å². The van der Waals surface area contributed by atoms with Crippen LogP contribution >= 0.6 is 0 Å². The van der Waals surface area contributed by atoms with E-state index in [1.165, 1.54) is 32.1 Å². The number of aryl methyl sites for hydroxylation is 1. The van der Waals surface area contributed by atoms with E-state index in [-0.39, 0.29) is 5.91 Å². The molecule has 1 amide bonds. The summed E-state index contributed by atoms with van der Waals surface area (Å²) in [6, 6.07) is 8.62. The van der Waals surface area contributed by atoms with Gasteiger partial charge in [0.2, 0.25) is 5.95 Å². The summed E-state index contributed by atoms with van der Waals surface area (Å²) in [7, 11) is 0. The van der Waals surface area contributed by atoms with Crippen LogP contribution in [0.15, 0.2) is 30.5 Å². The molecule has 3 heterocycles. The number of rotatable bonds is 3. The fourth-order valence-corrected chi connectivity index (χ4v) is 4.57. The first-order valence-electron chi connectivity index (χ1n) is 10.2. The lowest BCUT2D eigenvalue weighted by molar-refractivity contribution is 0.0929. The average molecular weight is 375 g/mol. The van der Waals surface area contributed by atoms with Gasteiger partial charge in [-0.2, -0.15) is 4.98 Å². The third-order valence-electron chi connectivity index (χ3n) is 5.99. The van der Waals surface area contributed by atoms with Gasteiger partial charge in [0.15, 0.2) is 0 Å². The highest BCUT2D eigenvalue weighted by Gasteiger charge is 2.28. The van der Waals surface area contributed by atoms with Gasteiger partial charge < -0.3 is 15.2 Å². The monoisotopic (exact) mass is 375 g/mol. The number of nitrogens with one attached hydrogen (secondary N) is 2. The number of hydrogen-bond donors (Lipinski definition) is 2. The highest BCUT2D eigenvalue weighted by Crippen LogP contribution is 2.37. The van der Waals surface area contributed by atoms with Gasteiger partial charge in [0, 0.05) is 36.3 Å². The lowest BCUT2D eigenvalue weighted by Gasteiger charge is -2.22. The molecule has 0 bridgehead atoms. The maximum atomic E-state index is 12.8. The maximum absolute atomic E-state index is 12.8. The molecule has 0 spiro atoms. The molecular weight excluding hydrogens is 350 g/mol. The topological polar surface area (TPSA) is 71.8 Å². The maximum Gasteiger partial charge on any atom is 0.268 e. The molecule has 6 heteroatoms. The minimum Gasteiger partial charge on any atom is -0.351 e. The highest BCUT2D eigenvalue weighted by molar-refractivity contribution is 6.10. The van der Waals surface area contributed by atoms with Gasteiger partial charge in [-0.25, -0.2) is 4.98 Å². The van der Waals surface area contributed by atoms with Gasteiger partial charge in [-0.3, -0.25) is 4.79 Å². The number of aromatic nitrogens is 3. The molecule has 28 heavy (non-hydrogen) atoms. The first-order valence-corrected chi connectivity index (χ1v) is 10.2. The SMILES string of the molecule is Cc1ccccc1-c1c2n(c3nc(NC4CCCCC4)ncc13)CCNC2=O. The summed E-state index contributed by atoms with van der Waals surface area (Å²) < 4.78 is 2.06. The van der Waals surface area contributed by atoms with Crippen LogP contribution in [0.2, 0.25) is 0 Å². The number of nitrogens with zero attached hydrogens (tertiary/aromatic N) is 3. The number of carbonyl (C=O) groups is 1. The van der Waals surface area contributed by atoms with E-state index < -0.39 is 0 Å². The summed E-state index contributed by atoms with van der Waals surface area (Å²) >= 11 is 0. The van der Waals surface area contributed by atoms with Crippen LogP contribution in [0.25, 0.3) is 22.2 Å². The van der Waals surface area contributed by atoms with Crippen LogP contribution in [0.4, 0.5) is 5.95 Å². The van der Waals surface area contributed by atoms with E-state index >= 15 is 0 Å². The molecule has 6 nitrogen and oxygen atoms in total. The molecule has 3 aromatic rings. The van der Waals surface area contributed by atoms with Gasteiger partial charge in [0.1, 0.15) is 11.3 Å². The second kappa shape index (κ2) is 6.93. The molecule has 1 aromatic carbocycles. The van der Waals surface area contributed by atoms with E-state index in [2.05, 4.69) is 39.2 Å². The van der Waals surface area contributed by atoms with Gasteiger partial charge in [-0.05, 0) is 30.9 Å². The Hall–Kier alpha value is -2.89. The van der Waals surface area contributed by atoms with Crippen molar-refractivity contribution in [3.05, 3.63) is 41.7 Å². The molecule has 2 aliphatic rings. The normalized spacial score (nSPS) is 17.4. The van der Waals surface area contributed by atoms with Crippen LogP contribution in [0.5, 0.6) is 0 Å². The van der Waals surface area contributed by atoms with E-state index in [9.17, 15) is 4.79 Å². The third-order valence-corrected chi connectivity index (χ3v) is 5.99. The standard InChI is InChI=1S/C22H25N5O/c1-14-7-5-6-10-16(14)18-17-13-24-22(25-15-8-3-2-4-9-15)26-20(17)27-12-11-23-21(28)19(18)27/h5-7,10,13,15H,2-4,8-9,11-12H2,1H3,(H,23,28)(H,24,25,26). The predicted octanol–water partition coefficient (Wildman–Crippen LogP) is 3.89. The second-order valence-corrected chi connectivity index (χ2v) is 7.86. The Morgan fingerprint density at radius 1 is 1.18 bits per heavy atom. The Labute approximate surface area is 164 Å². The van der Waals surface area contributed by atoms with Gasteiger partial charge in [0.25, 0.3) is 5.91 Å². The van der Waals surface area contributed by atoms with Crippen molar-refractivity contribution in [2.45, 2.75) is 51.6 Å². The van der Waals surface area contributed by atoms with Crippen molar-refractivity contribution < 1.29 is 4.79 Å². The minimum absolute atomic E-state index is 0.0377. The molecule has 0 atom stereocenters. The molecule has 2 aromatic heterocycles. The van der Waals surface area contributed by atoms with Crippen LogP contribution < -0.4 is 10.6 Å². The van der Waals surface area contributed by atoms with Crippen LogP contribution in [0.1, 0.15) is 48.2 Å². The number of anilines is 1. The number of fused-ring (bicyclic) bond motifs is 3. The summed E-state index contributed by atoms with van der Waals surface area (Å²) in [4.78, 5) is 22.2. The van der Waals surface area contributed by atoms with Crippen molar-refractivity contribution >= 4 is 22.9 Å². The van der Waals surface area contributed by atoms with Gasteiger partial charge in [0.05, 0.1) is 0 Å². The molecular formula is C22H25N5O. The highest BCUT2D eigenvalue weighted by atomic mass is 16.2. The molecule has 0 saturated heterocycles. The van der Waals surface area contributed by atoms with Gasteiger partial charge in [-0.15, -0.1) is 0 Å². The van der Waals surface area contributed by atoms with Crippen molar-refractivity contribution in [3.8, 4) is 11.1 Å². The molecule has 144 valence electrons. The lowest BCUT2D eigenvalue weighted by atomic mass is 9.96. The Morgan fingerprint density at radius 3 is 2.82 bits per heavy atom. The fourth-order valence-electron chi connectivity index (χ4n) is 4.57. The summed E-state index contributed by atoms with van der Waals surface area (Å²) in [5.41, 5.74) is 4.68. The molecule has 0 radical (unpaired) electrons. The summed E-state index contributed by atoms with van der Waals surface area (Å²) in [5.74, 6) is 0.631. The molecule has 2 N–H and O–H groups in total. The van der Waals surface area contributed by atoms with E-state index in [4.69, 9.17) is 4.98 Å². The number of hydrogen-bond acceptors (Lipinski definition) is 4. The number of amides is 1. The minimum atomic E-state index is -0.0377. The largest absolute Gasteiger partial charge is 0.351 e. The number of benzene rings is 1. The van der Waals surface area contributed by atoms with Gasteiger partial charge >= 0.3 is 0 Å². The first kappa shape index (κ1) is 17.2. The Bertz CT molecular complexity index is 1050. The van der Waals surface area contributed by atoms with Gasteiger partial charge in [-0.1, -0.05) is 43.5 Å². The summed E-state index contributed by atoms with van der Waals surface area (Å²) in [6.45, 7) is 3.42. The van der Waals surface area contributed by atoms with E-state index in [1.54, 1.807) is 0 Å². The zero-order valence-electron chi connectivity index (χ0n) is 16.2. The molecule has 5 rings (SSSR count). The molecule has 1 aliphatic heterocycles. The summed E-state index contributed by atoms with van der Waals surface area (Å²) in [5, 5.41) is 7.44. The zero-order chi connectivity index (χ0) is 19.1. The van der Waals surface area contributed by atoms with E-state index in [1.807, 2.05) is 18.3 Å². The second-order valence-electron chi connectivity index (χ2n) is 7.86. The molecule has 0 unspecified atom stereocenters. The molecule has 1 fully saturated rings. The van der Waals surface area contributed by atoms with Crippen LogP contribution in [-0.4, -0.2) is 33.0 Å². The van der Waals surface area contributed by atoms with Crippen molar-refractivity contribution in [1.29, 1.82) is 0 Å². The Morgan fingerprint density at radius 2 is 2.00 bits per heavy atom. The molecule has 1 saturated carbocycles. The predicted molar refractivity (Wildman–Crippen MR) is 111 cm³/mol. The van der Waals surface area contributed by atoms with E-state index in [0.29, 0.717) is 24.2 Å². The lowest BCUT2D eigenvalue weighted by Crippen LogP contribution is -2.35. The van der Waals surface area contributed by atoms with Crippen LogP contribution in [0.3, 0.4) is 0 Å². The third kappa shape index (κ3) is 2.84. The smallest absolute Gasteiger partial charge is 0.268 e.